The van der Waals surface area contributed by atoms with Crippen molar-refractivity contribution in [2.24, 2.45) is 0 Å². The van der Waals surface area contributed by atoms with Gasteiger partial charge in [0.1, 0.15) is 5.82 Å². The van der Waals surface area contributed by atoms with Crippen LogP contribution >= 0.6 is 0 Å². The van der Waals surface area contributed by atoms with Crippen LogP contribution in [0.3, 0.4) is 0 Å². The first-order chi connectivity index (χ1) is 10.2. The van der Waals surface area contributed by atoms with Crippen molar-refractivity contribution in [2.75, 3.05) is 13.1 Å². The van der Waals surface area contributed by atoms with E-state index in [1.54, 1.807) is 0 Å². The monoisotopic (exact) mass is 284 g/mol. The molecule has 0 saturated carbocycles. The van der Waals surface area contributed by atoms with Gasteiger partial charge in [0.15, 0.2) is 0 Å². The summed E-state index contributed by atoms with van der Waals surface area (Å²) >= 11 is 0. The highest BCUT2D eigenvalue weighted by molar-refractivity contribution is 5.77. The van der Waals surface area contributed by atoms with Gasteiger partial charge in [-0.3, -0.25) is 4.90 Å². The molecule has 0 N–H and O–H groups in total. The van der Waals surface area contributed by atoms with Gasteiger partial charge in [-0.2, -0.15) is 5.26 Å². The first-order valence-corrected chi connectivity index (χ1v) is 7.80. The van der Waals surface area contributed by atoms with Gasteiger partial charge in [-0.05, 0) is 37.2 Å². The zero-order chi connectivity index (χ0) is 15.2. The Balaban J connectivity index is 2.43. The molecule has 0 unspecified atom stereocenters. The van der Waals surface area contributed by atoms with Crippen LogP contribution in [-0.4, -0.2) is 27.5 Å². The molecule has 0 amide bonds. The molecule has 1 heterocycles. The third kappa shape index (κ3) is 3.43. The van der Waals surface area contributed by atoms with E-state index in [2.05, 4.69) is 54.5 Å². The quantitative estimate of drug-likeness (QED) is 0.783. The SMILES string of the molecule is CCc1ccc2c(c1)nc(CN(CC)CC)n2CCC#N. The van der Waals surface area contributed by atoms with Crippen LogP contribution in [0.2, 0.25) is 0 Å². The smallest absolute Gasteiger partial charge is 0.124 e. The second kappa shape index (κ2) is 7.24. The van der Waals surface area contributed by atoms with Crippen molar-refractivity contribution in [1.29, 1.82) is 5.26 Å². The van der Waals surface area contributed by atoms with Crippen LogP contribution in [0.4, 0.5) is 0 Å². The lowest BCUT2D eigenvalue weighted by Crippen LogP contribution is -2.24. The van der Waals surface area contributed by atoms with Crippen LogP contribution in [0.15, 0.2) is 18.2 Å². The Labute approximate surface area is 127 Å². The van der Waals surface area contributed by atoms with Gasteiger partial charge < -0.3 is 4.57 Å². The van der Waals surface area contributed by atoms with Crippen LogP contribution in [0.25, 0.3) is 11.0 Å². The molecule has 0 radical (unpaired) electrons. The maximum Gasteiger partial charge on any atom is 0.124 e. The third-order valence-electron chi connectivity index (χ3n) is 4.01. The van der Waals surface area contributed by atoms with Crippen LogP contribution in [0.1, 0.15) is 38.6 Å². The van der Waals surface area contributed by atoms with Crippen LogP contribution in [0, 0.1) is 11.3 Å². The number of nitrogens with zero attached hydrogens (tertiary/aromatic N) is 4. The minimum Gasteiger partial charge on any atom is -0.326 e. The molecule has 1 aromatic carbocycles. The first-order valence-electron chi connectivity index (χ1n) is 7.80. The fourth-order valence-corrected chi connectivity index (χ4v) is 2.62. The summed E-state index contributed by atoms with van der Waals surface area (Å²) in [6.45, 7) is 10.1. The normalized spacial score (nSPS) is 11.2. The number of benzene rings is 1. The molecule has 0 aliphatic heterocycles. The zero-order valence-electron chi connectivity index (χ0n) is 13.3. The number of fused-ring (bicyclic) bond motifs is 1. The van der Waals surface area contributed by atoms with Crippen molar-refractivity contribution in [3.8, 4) is 6.07 Å². The summed E-state index contributed by atoms with van der Waals surface area (Å²) in [5.74, 6) is 1.07. The number of nitriles is 1. The predicted molar refractivity (Wildman–Crippen MR) is 86.0 cm³/mol. The van der Waals surface area contributed by atoms with E-state index in [-0.39, 0.29) is 0 Å². The summed E-state index contributed by atoms with van der Waals surface area (Å²) in [5.41, 5.74) is 3.50. The molecule has 0 spiro atoms. The lowest BCUT2D eigenvalue weighted by Gasteiger charge is -2.18. The van der Waals surface area contributed by atoms with Crippen LogP contribution < -0.4 is 0 Å². The fraction of sp³-hybridized carbons (Fsp3) is 0.529. The Morgan fingerprint density at radius 1 is 1.24 bits per heavy atom. The van der Waals surface area contributed by atoms with E-state index in [0.29, 0.717) is 6.42 Å². The molecule has 4 nitrogen and oxygen atoms in total. The lowest BCUT2D eigenvalue weighted by molar-refractivity contribution is 0.284. The minimum absolute atomic E-state index is 0.520. The zero-order valence-corrected chi connectivity index (χ0v) is 13.3. The number of aryl methyl sites for hydroxylation is 2. The average molecular weight is 284 g/mol. The van der Waals surface area contributed by atoms with Gasteiger partial charge in [-0.1, -0.05) is 26.8 Å². The Bertz CT molecular complexity index is 632. The number of rotatable bonds is 7. The Morgan fingerprint density at radius 2 is 2.00 bits per heavy atom. The van der Waals surface area contributed by atoms with E-state index in [1.807, 2.05) is 0 Å². The molecule has 4 heteroatoms. The molecule has 0 aliphatic rings. The fourth-order valence-electron chi connectivity index (χ4n) is 2.62. The van der Waals surface area contributed by atoms with Gasteiger partial charge in [-0.25, -0.2) is 4.98 Å². The van der Waals surface area contributed by atoms with Crippen molar-refractivity contribution < 1.29 is 0 Å². The molecule has 0 saturated heterocycles. The van der Waals surface area contributed by atoms with E-state index < -0.39 is 0 Å². The molecule has 0 bridgehead atoms. The molecule has 1 aromatic heterocycles. The number of imidazole rings is 1. The predicted octanol–water partition coefficient (Wildman–Crippen LogP) is 3.35. The summed E-state index contributed by atoms with van der Waals surface area (Å²) < 4.78 is 2.20. The van der Waals surface area contributed by atoms with Gasteiger partial charge in [0.2, 0.25) is 0 Å². The highest BCUT2D eigenvalue weighted by Crippen LogP contribution is 2.20. The van der Waals surface area contributed by atoms with Crippen molar-refractivity contribution in [3.63, 3.8) is 0 Å². The minimum atomic E-state index is 0.520. The molecule has 0 fully saturated rings. The number of hydrogen-bond acceptors (Lipinski definition) is 3. The van der Waals surface area contributed by atoms with Gasteiger partial charge in [0.05, 0.1) is 30.1 Å². The second-order valence-electron chi connectivity index (χ2n) is 5.23. The molecule has 112 valence electrons. The molecule has 21 heavy (non-hydrogen) atoms. The summed E-state index contributed by atoms with van der Waals surface area (Å²) in [4.78, 5) is 7.17. The van der Waals surface area contributed by atoms with Gasteiger partial charge in [-0.15, -0.1) is 0 Å². The lowest BCUT2D eigenvalue weighted by atomic mass is 10.1. The van der Waals surface area contributed by atoms with E-state index in [4.69, 9.17) is 10.2 Å². The highest BCUT2D eigenvalue weighted by Gasteiger charge is 2.13. The second-order valence-corrected chi connectivity index (χ2v) is 5.23. The van der Waals surface area contributed by atoms with Gasteiger partial charge in [0, 0.05) is 6.54 Å². The standard InChI is InChI=1S/C17H24N4/c1-4-14-8-9-16-15(12-14)19-17(13-20(5-2)6-3)21(16)11-7-10-18/h8-9,12H,4-7,11,13H2,1-3H3. The average Bonchev–Trinajstić information content (AvgIpc) is 2.86. The summed E-state index contributed by atoms with van der Waals surface area (Å²) in [5, 5.41) is 8.89. The van der Waals surface area contributed by atoms with Gasteiger partial charge >= 0.3 is 0 Å². The Morgan fingerprint density at radius 3 is 2.62 bits per heavy atom. The van der Waals surface area contributed by atoms with E-state index in [1.165, 1.54) is 5.56 Å². The maximum atomic E-state index is 8.89. The topological polar surface area (TPSA) is 44.9 Å². The third-order valence-corrected chi connectivity index (χ3v) is 4.01. The molecular formula is C17H24N4. The molecule has 0 aliphatic carbocycles. The molecular weight excluding hydrogens is 260 g/mol. The molecule has 2 rings (SSSR count). The van der Waals surface area contributed by atoms with Crippen molar-refractivity contribution in [1.82, 2.24) is 14.5 Å². The van der Waals surface area contributed by atoms with Crippen molar-refractivity contribution in [2.45, 2.75) is 46.7 Å². The highest BCUT2D eigenvalue weighted by atomic mass is 15.2. The Hall–Kier alpha value is -1.86. The van der Waals surface area contributed by atoms with E-state index in [9.17, 15) is 0 Å². The van der Waals surface area contributed by atoms with E-state index in [0.717, 1.165) is 49.5 Å². The summed E-state index contributed by atoms with van der Waals surface area (Å²) in [6.07, 6.45) is 1.54. The largest absolute Gasteiger partial charge is 0.326 e. The summed E-state index contributed by atoms with van der Waals surface area (Å²) in [6, 6.07) is 8.71. The first kappa shape index (κ1) is 15.5. The van der Waals surface area contributed by atoms with Crippen molar-refractivity contribution in [3.05, 3.63) is 29.6 Å². The maximum absolute atomic E-state index is 8.89. The number of aromatic nitrogens is 2. The molecule has 0 atom stereocenters. The number of hydrogen-bond donors (Lipinski definition) is 0. The molecule has 2 aromatic rings. The Kier molecular flexibility index (Phi) is 5.35. The summed E-state index contributed by atoms with van der Waals surface area (Å²) in [7, 11) is 0. The van der Waals surface area contributed by atoms with Crippen LogP contribution in [-0.2, 0) is 19.5 Å². The van der Waals surface area contributed by atoms with Crippen LogP contribution in [0.5, 0.6) is 0 Å². The van der Waals surface area contributed by atoms with Crippen molar-refractivity contribution >= 4 is 11.0 Å². The van der Waals surface area contributed by atoms with Gasteiger partial charge in [0.25, 0.3) is 0 Å². The van der Waals surface area contributed by atoms with E-state index >= 15 is 0 Å².